The van der Waals surface area contributed by atoms with E-state index in [1.54, 1.807) is 19.1 Å². The molecule has 0 atom stereocenters. The van der Waals surface area contributed by atoms with Crippen molar-refractivity contribution in [3.63, 3.8) is 0 Å². The van der Waals surface area contributed by atoms with Gasteiger partial charge in [-0.25, -0.2) is 0 Å². The van der Waals surface area contributed by atoms with Crippen LogP contribution in [0.15, 0.2) is 34.5 Å². The van der Waals surface area contributed by atoms with E-state index in [2.05, 4.69) is 0 Å². The number of nitriles is 1. The number of benzene rings is 1. The van der Waals surface area contributed by atoms with Gasteiger partial charge in [0.15, 0.2) is 18.1 Å². The quantitative estimate of drug-likeness (QED) is 0.429. The number of Topliss-reactive ketones (excluding diaryl/α,β-unsaturated/α-hetero) is 1. The van der Waals surface area contributed by atoms with Crippen LogP contribution in [0.1, 0.15) is 21.7 Å². The molecule has 1 amide bonds. The van der Waals surface area contributed by atoms with E-state index in [9.17, 15) is 14.9 Å². The summed E-state index contributed by atoms with van der Waals surface area (Å²) in [7, 11) is 2.81. The van der Waals surface area contributed by atoms with E-state index in [-0.39, 0.29) is 29.4 Å². The van der Waals surface area contributed by atoms with Crippen molar-refractivity contribution < 1.29 is 28.2 Å². The first-order valence-electron chi connectivity index (χ1n) is 7.79. The molecule has 27 heavy (non-hydrogen) atoms. The average molecular weight is 370 g/mol. The van der Waals surface area contributed by atoms with Crippen LogP contribution < -0.4 is 19.9 Å². The smallest absolute Gasteiger partial charge is 0.255 e. The highest BCUT2D eigenvalue weighted by atomic mass is 16.5. The summed E-state index contributed by atoms with van der Waals surface area (Å²) in [4.78, 5) is 23.5. The third kappa shape index (κ3) is 4.46. The third-order valence-electron chi connectivity index (χ3n) is 3.62. The molecule has 2 N–H and O–H groups in total. The molecule has 0 radical (unpaired) electrons. The first kappa shape index (κ1) is 19.6. The van der Waals surface area contributed by atoms with Crippen LogP contribution in [0.5, 0.6) is 17.2 Å². The van der Waals surface area contributed by atoms with E-state index in [4.69, 9.17) is 24.4 Å². The molecule has 1 heterocycles. The number of rotatable bonds is 8. The van der Waals surface area contributed by atoms with Gasteiger partial charge in [0.1, 0.15) is 17.4 Å². The van der Waals surface area contributed by atoms with Gasteiger partial charge < -0.3 is 24.4 Å². The van der Waals surface area contributed by atoms with Gasteiger partial charge in [-0.1, -0.05) is 0 Å². The summed E-state index contributed by atoms with van der Waals surface area (Å²) in [5.41, 5.74) is 5.79. The Morgan fingerprint density at radius 3 is 2.33 bits per heavy atom. The van der Waals surface area contributed by atoms with Crippen molar-refractivity contribution in [3.8, 4) is 23.3 Å². The Labute approximate surface area is 155 Å². The Morgan fingerprint density at radius 1 is 1.26 bits per heavy atom. The van der Waals surface area contributed by atoms with E-state index in [1.165, 1.54) is 32.6 Å². The summed E-state index contributed by atoms with van der Waals surface area (Å²) in [6.45, 7) is 1.28. The molecule has 0 aliphatic rings. The van der Waals surface area contributed by atoms with Crippen molar-refractivity contribution in [1.82, 2.24) is 0 Å². The summed E-state index contributed by atoms with van der Waals surface area (Å²) in [6.07, 6.45) is 2.78. The molecule has 0 unspecified atom stereocenters. The predicted molar refractivity (Wildman–Crippen MR) is 95.6 cm³/mol. The lowest BCUT2D eigenvalue weighted by atomic mass is 10.0. The standard InChI is InChI=1S/C19H18N2O6/c1-11-14(4-5-26-11)18(23)13(9-20)6-12-7-15(24-2)19(16(8-12)25-3)27-10-17(21)22/h4-8H,10H2,1-3H3,(H2,21,22)/b13-6+. The van der Waals surface area contributed by atoms with Crippen molar-refractivity contribution >= 4 is 17.8 Å². The number of ketones is 1. The first-order chi connectivity index (χ1) is 12.9. The molecule has 1 aromatic heterocycles. The molecule has 8 nitrogen and oxygen atoms in total. The fourth-order valence-corrected chi connectivity index (χ4v) is 2.35. The number of amides is 1. The van der Waals surface area contributed by atoms with Gasteiger partial charge in [0, 0.05) is 0 Å². The molecule has 0 aliphatic carbocycles. The SMILES string of the molecule is COc1cc(/C=C(\C#N)C(=O)c2ccoc2C)cc(OC)c1OCC(N)=O. The van der Waals surface area contributed by atoms with Gasteiger partial charge >= 0.3 is 0 Å². The molecule has 8 heteroatoms. The second-order valence-corrected chi connectivity index (χ2v) is 5.40. The minimum Gasteiger partial charge on any atom is -0.493 e. The summed E-state index contributed by atoms with van der Waals surface area (Å²) in [6, 6.07) is 6.49. The average Bonchev–Trinajstić information content (AvgIpc) is 3.09. The second kappa shape index (κ2) is 8.58. The number of methoxy groups -OCH3 is 2. The van der Waals surface area contributed by atoms with Gasteiger partial charge in [-0.3, -0.25) is 9.59 Å². The van der Waals surface area contributed by atoms with Crippen LogP contribution in [0.4, 0.5) is 0 Å². The maximum atomic E-state index is 12.5. The highest BCUT2D eigenvalue weighted by Gasteiger charge is 2.19. The van der Waals surface area contributed by atoms with Gasteiger partial charge in [-0.2, -0.15) is 5.26 Å². The number of hydrogen-bond donors (Lipinski definition) is 1. The Balaban J connectivity index is 2.46. The zero-order valence-electron chi connectivity index (χ0n) is 15.1. The zero-order valence-corrected chi connectivity index (χ0v) is 15.1. The minimum absolute atomic E-state index is 0.0885. The highest BCUT2D eigenvalue weighted by molar-refractivity contribution is 6.14. The van der Waals surface area contributed by atoms with E-state index < -0.39 is 11.7 Å². The van der Waals surface area contributed by atoms with Crippen LogP contribution in [0.2, 0.25) is 0 Å². The molecular weight excluding hydrogens is 352 g/mol. The molecule has 0 saturated carbocycles. The molecule has 0 saturated heterocycles. The minimum atomic E-state index is -0.657. The summed E-state index contributed by atoms with van der Waals surface area (Å²) < 4.78 is 21.0. The number of carbonyl (C=O) groups excluding carboxylic acids is 2. The molecule has 0 fully saturated rings. The molecule has 2 aromatic rings. The maximum Gasteiger partial charge on any atom is 0.255 e. The Kier molecular flexibility index (Phi) is 6.23. The Hall–Kier alpha value is -3.73. The topological polar surface area (TPSA) is 125 Å². The lowest BCUT2D eigenvalue weighted by molar-refractivity contribution is -0.120. The van der Waals surface area contributed by atoms with Crippen molar-refractivity contribution in [3.05, 3.63) is 46.9 Å². The molecule has 1 aromatic carbocycles. The number of primary amides is 1. The molecule has 0 spiro atoms. The van der Waals surface area contributed by atoms with Crippen LogP contribution in [0.25, 0.3) is 6.08 Å². The van der Waals surface area contributed by atoms with Gasteiger partial charge in [-0.05, 0) is 36.8 Å². The highest BCUT2D eigenvalue weighted by Crippen LogP contribution is 2.39. The lowest BCUT2D eigenvalue weighted by Gasteiger charge is -2.14. The van der Waals surface area contributed by atoms with Crippen molar-refractivity contribution in [2.45, 2.75) is 6.92 Å². The summed E-state index contributed by atoms with van der Waals surface area (Å²) in [5, 5.41) is 9.39. The third-order valence-corrected chi connectivity index (χ3v) is 3.62. The van der Waals surface area contributed by atoms with Crippen LogP contribution >= 0.6 is 0 Å². The Bertz CT molecular complexity index is 911. The van der Waals surface area contributed by atoms with E-state index in [1.807, 2.05) is 6.07 Å². The molecular formula is C19H18N2O6. The van der Waals surface area contributed by atoms with E-state index in [0.29, 0.717) is 16.9 Å². The lowest BCUT2D eigenvalue weighted by Crippen LogP contribution is -2.20. The van der Waals surface area contributed by atoms with E-state index >= 15 is 0 Å². The van der Waals surface area contributed by atoms with Crippen LogP contribution in [0, 0.1) is 18.3 Å². The number of furan rings is 1. The zero-order chi connectivity index (χ0) is 20.0. The normalized spacial score (nSPS) is 10.8. The predicted octanol–water partition coefficient (Wildman–Crippen LogP) is 2.26. The molecule has 140 valence electrons. The monoisotopic (exact) mass is 370 g/mol. The number of nitrogens with two attached hydrogens (primary N) is 1. The number of aryl methyl sites for hydroxylation is 1. The van der Waals surface area contributed by atoms with Crippen molar-refractivity contribution in [1.29, 1.82) is 5.26 Å². The number of carbonyl (C=O) groups is 2. The van der Waals surface area contributed by atoms with Crippen LogP contribution in [-0.4, -0.2) is 32.5 Å². The van der Waals surface area contributed by atoms with Crippen LogP contribution in [0.3, 0.4) is 0 Å². The molecule has 0 aliphatic heterocycles. The number of ether oxygens (including phenoxy) is 3. The number of allylic oxidation sites excluding steroid dienone is 1. The molecule has 0 bridgehead atoms. The number of nitrogens with zero attached hydrogens (tertiary/aromatic N) is 1. The largest absolute Gasteiger partial charge is 0.493 e. The summed E-state index contributed by atoms with van der Waals surface area (Å²) in [5.74, 6) is 0.00166. The van der Waals surface area contributed by atoms with E-state index in [0.717, 1.165) is 0 Å². The fraction of sp³-hybridized carbons (Fsp3) is 0.211. The second-order valence-electron chi connectivity index (χ2n) is 5.40. The van der Waals surface area contributed by atoms with Gasteiger partial charge in [0.05, 0.1) is 26.0 Å². The molecule has 2 rings (SSSR count). The first-order valence-corrected chi connectivity index (χ1v) is 7.79. The van der Waals surface area contributed by atoms with Crippen LogP contribution in [-0.2, 0) is 4.79 Å². The fourth-order valence-electron chi connectivity index (χ4n) is 2.35. The Morgan fingerprint density at radius 2 is 1.89 bits per heavy atom. The summed E-state index contributed by atoms with van der Waals surface area (Å²) >= 11 is 0. The van der Waals surface area contributed by atoms with Crippen molar-refractivity contribution in [2.24, 2.45) is 5.73 Å². The van der Waals surface area contributed by atoms with Gasteiger partial charge in [0.2, 0.25) is 11.5 Å². The van der Waals surface area contributed by atoms with Gasteiger partial charge in [0.25, 0.3) is 5.91 Å². The van der Waals surface area contributed by atoms with Gasteiger partial charge in [-0.15, -0.1) is 0 Å². The maximum absolute atomic E-state index is 12.5. The van der Waals surface area contributed by atoms with Crippen molar-refractivity contribution in [2.75, 3.05) is 20.8 Å². The number of hydrogen-bond acceptors (Lipinski definition) is 7.